The molecule has 0 aromatic carbocycles. The predicted octanol–water partition coefficient (Wildman–Crippen LogP) is 3.93. The largest absolute Gasteiger partial charge is 0.433 e. The van der Waals surface area contributed by atoms with Crippen molar-refractivity contribution in [1.29, 1.82) is 5.26 Å². The monoisotopic (exact) mass is 445 g/mol. The highest BCUT2D eigenvalue weighted by Crippen LogP contribution is 2.36. The first-order valence-electron chi connectivity index (χ1n) is 10.1. The average Bonchev–Trinajstić information content (AvgIpc) is 3.45. The normalized spacial score (nSPS) is 17.6. The number of nitrogens with zero attached hydrogens (tertiary/aromatic N) is 4. The van der Waals surface area contributed by atoms with Gasteiger partial charge in [0.1, 0.15) is 10.7 Å². The lowest BCUT2D eigenvalue weighted by molar-refractivity contribution is 0.0988. The number of H-pyrrole nitrogens is 1. The Bertz CT molecular complexity index is 1330. The second kappa shape index (κ2) is 8.45. The number of anilines is 1. The van der Waals surface area contributed by atoms with Gasteiger partial charge in [-0.2, -0.15) is 5.26 Å². The van der Waals surface area contributed by atoms with Crippen LogP contribution in [-0.2, 0) is 0 Å². The van der Waals surface area contributed by atoms with E-state index in [0.29, 0.717) is 23.1 Å². The molecule has 1 aliphatic rings. The number of pyridine rings is 2. The maximum absolute atomic E-state index is 11.6. The maximum Gasteiger partial charge on any atom is 0.230 e. The highest BCUT2D eigenvalue weighted by Gasteiger charge is 2.31. The molecule has 1 aliphatic carbocycles. The van der Waals surface area contributed by atoms with Crippen LogP contribution in [0.4, 0.5) is 5.69 Å². The third-order valence-corrected chi connectivity index (χ3v) is 6.23. The number of ketones is 1. The fourth-order valence-electron chi connectivity index (χ4n) is 3.60. The highest BCUT2D eigenvalue weighted by molar-refractivity contribution is 7.97. The number of Topliss-reactive ketones (excluding diaryl/α,β-unsaturated/α-hetero) is 1. The zero-order valence-corrected chi connectivity index (χ0v) is 17.9. The Labute approximate surface area is 187 Å². The summed E-state index contributed by atoms with van der Waals surface area (Å²) in [4.78, 5) is 27.7. The molecule has 1 saturated carbocycles. The number of rotatable bonds is 7. The summed E-state index contributed by atoms with van der Waals surface area (Å²) >= 11 is 1.44. The van der Waals surface area contributed by atoms with Gasteiger partial charge in [-0.3, -0.25) is 9.52 Å². The molecule has 0 radical (unpaired) electrons. The van der Waals surface area contributed by atoms with Gasteiger partial charge in [-0.05, 0) is 43.0 Å². The molecule has 0 saturated heterocycles. The van der Waals surface area contributed by atoms with E-state index >= 15 is 0 Å². The molecular weight excluding hydrogens is 426 g/mol. The van der Waals surface area contributed by atoms with E-state index in [2.05, 4.69) is 36.0 Å². The van der Waals surface area contributed by atoms with Crippen molar-refractivity contribution < 1.29 is 9.21 Å². The van der Waals surface area contributed by atoms with Crippen LogP contribution in [0, 0.1) is 11.3 Å². The zero-order valence-electron chi connectivity index (χ0n) is 17.1. The van der Waals surface area contributed by atoms with Crippen LogP contribution in [0.5, 0.6) is 0 Å². The molecule has 10 heteroatoms. The topological polar surface area (TPSA) is 133 Å². The van der Waals surface area contributed by atoms with Crippen LogP contribution in [0.2, 0.25) is 0 Å². The Morgan fingerprint density at radius 2 is 2.12 bits per heavy atom. The molecule has 4 aromatic heterocycles. The van der Waals surface area contributed by atoms with E-state index in [1.54, 1.807) is 24.5 Å². The van der Waals surface area contributed by atoms with Crippen LogP contribution < -0.4 is 10.0 Å². The third-order valence-electron chi connectivity index (χ3n) is 5.35. The number of fused-ring (bicyclic) bond motifs is 1. The lowest BCUT2D eigenvalue weighted by atomic mass is 9.87. The van der Waals surface area contributed by atoms with Crippen molar-refractivity contribution in [3.05, 3.63) is 54.3 Å². The molecule has 3 N–H and O–H groups in total. The van der Waals surface area contributed by atoms with Gasteiger partial charge in [0.15, 0.2) is 11.5 Å². The standard InChI is InChI=1S/C22H19N7O2S/c1-12(30)18-11-27-22(31-18)17-10-26-21-16(3-5-25-21)20(17)28-14-7-15(8-14)29-32-19-6-13(9-23)2-4-24-19/h2-6,10-11,14-15,29H,7-8H2,1H3,(H2,25,26,28)/t14-,15-. The Kier molecular flexibility index (Phi) is 5.34. The van der Waals surface area contributed by atoms with E-state index in [0.717, 1.165) is 34.6 Å². The minimum absolute atomic E-state index is 0.172. The smallest absolute Gasteiger partial charge is 0.230 e. The minimum atomic E-state index is -0.172. The number of carbonyl (C=O) groups excluding carboxylic acids is 1. The van der Waals surface area contributed by atoms with Crippen molar-refractivity contribution >= 4 is 34.5 Å². The van der Waals surface area contributed by atoms with Gasteiger partial charge < -0.3 is 14.7 Å². The van der Waals surface area contributed by atoms with Crippen LogP contribution in [0.25, 0.3) is 22.5 Å². The molecule has 5 rings (SSSR count). The molecule has 4 heterocycles. The van der Waals surface area contributed by atoms with Crippen molar-refractivity contribution in [1.82, 2.24) is 24.7 Å². The second-order valence-electron chi connectivity index (χ2n) is 7.60. The van der Waals surface area contributed by atoms with Gasteiger partial charge in [0.25, 0.3) is 0 Å². The molecule has 0 amide bonds. The molecule has 1 fully saturated rings. The van der Waals surface area contributed by atoms with Gasteiger partial charge in [0.05, 0.1) is 29.1 Å². The summed E-state index contributed by atoms with van der Waals surface area (Å²) in [5, 5.41) is 14.3. The van der Waals surface area contributed by atoms with Crippen molar-refractivity contribution in [2.75, 3.05) is 5.32 Å². The van der Waals surface area contributed by atoms with Gasteiger partial charge in [0.2, 0.25) is 5.89 Å². The number of carbonyl (C=O) groups is 1. The molecular formula is C22H19N7O2S. The first kappa shape index (κ1) is 20.2. The molecule has 0 aliphatic heterocycles. The third kappa shape index (κ3) is 3.95. The van der Waals surface area contributed by atoms with E-state index < -0.39 is 0 Å². The molecule has 4 aromatic rings. The van der Waals surface area contributed by atoms with E-state index in [9.17, 15) is 4.79 Å². The summed E-state index contributed by atoms with van der Waals surface area (Å²) in [6, 6.07) is 8.12. The van der Waals surface area contributed by atoms with Gasteiger partial charge in [-0.15, -0.1) is 0 Å². The van der Waals surface area contributed by atoms with Crippen molar-refractivity contribution in [2.24, 2.45) is 0 Å². The van der Waals surface area contributed by atoms with Crippen LogP contribution >= 0.6 is 11.9 Å². The minimum Gasteiger partial charge on any atom is -0.433 e. The molecule has 160 valence electrons. The Balaban J connectivity index is 1.29. The van der Waals surface area contributed by atoms with Gasteiger partial charge >= 0.3 is 0 Å². The number of hydrogen-bond donors (Lipinski definition) is 3. The summed E-state index contributed by atoms with van der Waals surface area (Å²) in [6.45, 7) is 1.45. The number of aromatic nitrogens is 4. The van der Waals surface area contributed by atoms with Crippen LogP contribution in [0.1, 0.15) is 35.9 Å². The molecule has 0 atom stereocenters. The zero-order chi connectivity index (χ0) is 22.1. The quantitative estimate of drug-likeness (QED) is 0.286. The highest BCUT2D eigenvalue weighted by atomic mass is 32.2. The SMILES string of the molecule is CC(=O)c1cnc(-c2cnc3[nH]ccc3c2N[C@H]2C[C@H](NSc3cc(C#N)ccn3)C2)o1. The molecule has 0 bridgehead atoms. The Morgan fingerprint density at radius 1 is 1.25 bits per heavy atom. The average molecular weight is 446 g/mol. The summed E-state index contributed by atoms with van der Waals surface area (Å²) in [5.41, 5.74) is 2.96. The Morgan fingerprint density at radius 3 is 2.91 bits per heavy atom. The van der Waals surface area contributed by atoms with E-state index in [1.165, 1.54) is 25.1 Å². The lowest BCUT2D eigenvalue weighted by Crippen LogP contribution is -2.45. The van der Waals surface area contributed by atoms with E-state index in [4.69, 9.17) is 9.68 Å². The second-order valence-corrected chi connectivity index (χ2v) is 8.45. The summed E-state index contributed by atoms with van der Waals surface area (Å²) in [6.07, 6.45) is 8.47. The maximum atomic E-state index is 11.6. The molecule has 0 spiro atoms. The number of hydrogen-bond acceptors (Lipinski definition) is 9. The van der Waals surface area contributed by atoms with Crippen LogP contribution in [-0.4, -0.2) is 37.8 Å². The Hall–Kier alpha value is -3.68. The van der Waals surface area contributed by atoms with E-state index in [-0.39, 0.29) is 17.6 Å². The fourth-order valence-corrected chi connectivity index (χ4v) is 4.38. The first-order chi connectivity index (χ1) is 15.6. The van der Waals surface area contributed by atoms with Crippen LogP contribution in [0.3, 0.4) is 0 Å². The van der Waals surface area contributed by atoms with Gasteiger partial charge in [-0.25, -0.2) is 15.0 Å². The van der Waals surface area contributed by atoms with Crippen molar-refractivity contribution in [3.63, 3.8) is 0 Å². The van der Waals surface area contributed by atoms with Crippen molar-refractivity contribution in [3.8, 4) is 17.5 Å². The van der Waals surface area contributed by atoms with Crippen LogP contribution in [0.15, 0.2) is 52.4 Å². The molecule has 32 heavy (non-hydrogen) atoms. The molecule has 0 unspecified atom stereocenters. The molecule has 9 nitrogen and oxygen atoms in total. The number of aromatic amines is 1. The number of nitriles is 1. The number of oxazole rings is 1. The summed E-state index contributed by atoms with van der Waals surface area (Å²) in [7, 11) is 0. The predicted molar refractivity (Wildman–Crippen MR) is 120 cm³/mol. The summed E-state index contributed by atoms with van der Waals surface area (Å²) in [5.74, 6) is 0.412. The fraction of sp³-hybridized carbons (Fsp3) is 0.227. The summed E-state index contributed by atoms with van der Waals surface area (Å²) < 4.78 is 9.08. The number of nitrogens with one attached hydrogen (secondary N) is 3. The first-order valence-corrected chi connectivity index (χ1v) is 10.9. The van der Waals surface area contributed by atoms with E-state index in [1.807, 2.05) is 12.3 Å². The van der Waals surface area contributed by atoms with Crippen molar-refractivity contribution in [2.45, 2.75) is 36.9 Å². The van der Waals surface area contributed by atoms with Gasteiger partial charge in [-0.1, -0.05) is 0 Å². The van der Waals surface area contributed by atoms with Gasteiger partial charge in [0, 0.05) is 43.0 Å². The lowest BCUT2D eigenvalue weighted by Gasteiger charge is -2.37.